The van der Waals surface area contributed by atoms with Crippen LogP contribution in [0.25, 0.3) is 0 Å². The number of carbonyl (C=O) groups is 1. The van der Waals surface area contributed by atoms with Gasteiger partial charge in [0, 0.05) is 6.54 Å². The molecule has 1 saturated carbocycles. The summed E-state index contributed by atoms with van der Waals surface area (Å²) >= 11 is 5.93. The van der Waals surface area contributed by atoms with Crippen molar-refractivity contribution in [2.45, 2.75) is 26.2 Å². The van der Waals surface area contributed by atoms with Gasteiger partial charge in [0.15, 0.2) is 0 Å². The highest BCUT2D eigenvalue weighted by Crippen LogP contribution is 2.29. The molecule has 0 spiro atoms. The van der Waals surface area contributed by atoms with Gasteiger partial charge in [-0.1, -0.05) is 24.9 Å². The summed E-state index contributed by atoms with van der Waals surface area (Å²) in [6.45, 7) is 2.94. The first-order chi connectivity index (χ1) is 8.56. The zero-order valence-corrected chi connectivity index (χ0v) is 11.2. The van der Waals surface area contributed by atoms with E-state index in [9.17, 15) is 4.79 Å². The molecular weight excluding hydrogens is 250 g/mol. The van der Waals surface area contributed by atoms with Gasteiger partial charge in [0.05, 0.1) is 5.02 Å². The van der Waals surface area contributed by atoms with Gasteiger partial charge in [-0.15, -0.1) is 0 Å². The van der Waals surface area contributed by atoms with E-state index in [-0.39, 0.29) is 11.6 Å². The topological polar surface area (TPSA) is 68.0 Å². The quantitative estimate of drug-likeness (QED) is 0.884. The highest BCUT2D eigenvalue weighted by Gasteiger charge is 2.22. The van der Waals surface area contributed by atoms with Crippen molar-refractivity contribution in [3.63, 3.8) is 0 Å². The second kappa shape index (κ2) is 5.57. The Hall–Kier alpha value is -1.29. The number of nitrogens with one attached hydrogen (secondary N) is 1. The van der Waals surface area contributed by atoms with Crippen molar-refractivity contribution in [2.75, 3.05) is 12.3 Å². The van der Waals surface area contributed by atoms with Crippen LogP contribution in [0, 0.1) is 11.8 Å². The number of halogens is 1. The molecule has 0 aliphatic heterocycles. The number of hydrogen-bond acceptors (Lipinski definition) is 3. The lowest BCUT2D eigenvalue weighted by Gasteiger charge is -2.11. The maximum Gasteiger partial charge on any atom is 0.271 e. The fourth-order valence-electron chi connectivity index (χ4n) is 2.45. The monoisotopic (exact) mass is 267 g/mol. The van der Waals surface area contributed by atoms with Gasteiger partial charge in [-0.25, -0.2) is 4.98 Å². The zero-order valence-electron chi connectivity index (χ0n) is 10.4. The van der Waals surface area contributed by atoms with Gasteiger partial charge in [-0.2, -0.15) is 0 Å². The SMILES string of the molecule is CC1CCC(CNC(=O)c2nc(N)ccc2Cl)C1. The van der Waals surface area contributed by atoms with Crippen molar-refractivity contribution in [3.05, 3.63) is 22.8 Å². The Morgan fingerprint density at radius 2 is 2.33 bits per heavy atom. The van der Waals surface area contributed by atoms with E-state index in [1.807, 2.05) is 0 Å². The third-order valence-electron chi connectivity index (χ3n) is 3.44. The van der Waals surface area contributed by atoms with Gasteiger partial charge < -0.3 is 11.1 Å². The third kappa shape index (κ3) is 3.13. The normalized spacial score (nSPS) is 23.0. The summed E-state index contributed by atoms with van der Waals surface area (Å²) < 4.78 is 0. The van der Waals surface area contributed by atoms with E-state index < -0.39 is 0 Å². The average molecular weight is 268 g/mol. The summed E-state index contributed by atoms with van der Waals surface area (Å²) in [5.74, 6) is 1.40. The standard InChI is InChI=1S/C13H18ClN3O/c1-8-2-3-9(6-8)7-16-13(18)12-10(14)4-5-11(15)17-12/h4-5,8-9H,2-3,6-7H2,1H3,(H2,15,17)(H,16,18). The van der Waals surface area contributed by atoms with Gasteiger partial charge >= 0.3 is 0 Å². The number of nitrogen functional groups attached to an aromatic ring is 1. The molecule has 2 unspecified atom stereocenters. The van der Waals surface area contributed by atoms with Gasteiger partial charge in [0.25, 0.3) is 5.91 Å². The van der Waals surface area contributed by atoms with Crippen molar-refractivity contribution in [1.82, 2.24) is 10.3 Å². The van der Waals surface area contributed by atoms with Crippen LogP contribution in [-0.4, -0.2) is 17.4 Å². The zero-order chi connectivity index (χ0) is 13.1. The van der Waals surface area contributed by atoms with Crippen molar-refractivity contribution in [3.8, 4) is 0 Å². The minimum atomic E-state index is -0.244. The van der Waals surface area contributed by atoms with Crippen LogP contribution >= 0.6 is 11.6 Å². The van der Waals surface area contributed by atoms with Crippen LogP contribution in [0.1, 0.15) is 36.7 Å². The Kier molecular flexibility index (Phi) is 4.07. The Morgan fingerprint density at radius 1 is 1.56 bits per heavy atom. The summed E-state index contributed by atoms with van der Waals surface area (Å²) in [5, 5.41) is 3.22. The molecule has 2 rings (SSSR count). The summed E-state index contributed by atoms with van der Waals surface area (Å²) in [4.78, 5) is 15.9. The first-order valence-electron chi connectivity index (χ1n) is 6.26. The van der Waals surface area contributed by atoms with Crippen LogP contribution in [0.15, 0.2) is 12.1 Å². The number of hydrogen-bond donors (Lipinski definition) is 2. The van der Waals surface area contributed by atoms with E-state index in [2.05, 4.69) is 17.2 Å². The molecule has 0 saturated heterocycles. The number of amides is 1. The molecule has 0 bridgehead atoms. The molecular formula is C13H18ClN3O. The molecule has 1 aliphatic rings. The van der Waals surface area contributed by atoms with Crippen LogP contribution in [0.5, 0.6) is 0 Å². The van der Waals surface area contributed by atoms with Crippen molar-refractivity contribution in [1.29, 1.82) is 0 Å². The molecule has 1 aromatic heterocycles. The first-order valence-corrected chi connectivity index (χ1v) is 6.64. The number of nitrogens with two attached hydrogens (primary N) is 1. The van der Waals surface area contributed by atoms with E-state index in [1.54, 1.807) is 12.1 Å². The second-order valence-corrected chi connectivity index (χ2v) is 5.47. The summed E-state index contributed by atoms with van der Waals surface area (Å²) in [6, 6.07) is 3.17. The molecule has 0 radical (unpaired) electrons. The van der Waals surface area contributed by atoms with Crippen LogP contribution in [-0.2, 0) is 0 Å². The maximum absolute atomic E-state index is 11.9. The second-order valence-electron chi connectivity index (χ2n) is 5.06. The number of aromatic nitrogens is 1. The highest BCUT2D eigenvalue weighted by atomic mass is 35.5. The Bertz CT molecular complexity index is 450. The molecule has 2 atom stereocenters. The van der Waals surface area contributed by atoms with E-state index in [0.717, 1.165) is 5.92 Å². The number of nitrogens with zero attached hydrogens (tertiary/aromatic N) is 1. The molecule has 1 heterocycles. The van der Waals surface area contributed by atoms with Crippen LogP contribution < -0.4 is 11.1 Å². The molecule has 4 nitrogen and oxygen atoms in total. The van der Waals surface area contributed by atoms with Crippen molar-refractivity contribution < 1.29 is 4.79 Å². The molecule has 18 heavy (non-hydrogen) atoms. The minimum Gasteiger partial charge on any atom is -0.384 e. The van der Waals surface area contributed by atoms with Crippen molar-refractivity contribution >= 4 is 23.3 Å². The van der Waals surface area contributed by atoms with E-state index in [4.69, 9.17) is 17.3 Å². The lowest BCUT2D eigenvalue weighted by atomic mass is 10.1. The smallest absolute Gasteiger partial charge is 0.271 e. The predicted octanol–water partition coefficient (Wildman–Crippen LogP) is 2.48. The molecule has 98 valence electrons. The highest BCUT2D eigenvalue weighted by molar-refractivity contribution is 6.33. The lowest BCUT2D eigenvalue weighted by Crippen LogP contribution is -2.29. The molecule has 1 aliphatic carbocycles. The molecule has 3 N–H and O–H groups in total. The number of rotatable bonds is 3. The van der Waals surface area contributed by atoms with Crippen LogP contribution in [0.2, 0.25) is 5.02 Å². The Labute approximate surface area is 112 Å². The fourth-order valence-corrected chi connectivity index (χ4v) is 2.64. The first kappa shape index (κ1) is 13.1. The molecule has 1 fully saturated rings. The van der Waals surface area contributed by atoms with Crippen molar-refractivity contribution in [2.24, 2.45) is 11.8 Å². The van der Waals surface area contributed by atoms with Gasteiger partial charge in [0.1, 0.15) is 11.5 Å². The Morgan fingerprint density at radius 3 is 3.00 bits per heavy atom. The van der Waals surface area contributed by atoms with Crippen LogP contribution in [0.4, 0.5) is 5.82 Å². The number of pyridine rings is 1. The summed E-state index contributed by atoms with van der Waals surface area (Å²) in [6.07, 6.45) is 3.61. The lowest BCUT2D eigenvalue weighted by molar-refractivity contribution is 0.0942. The predicted molar refractivity (Wildman–Crippen MR) is 72.5 cm³/mol. The average Bonchev–Trinajstić information content (AvgIpc) is 2.75. The number of anilines is 1. The maximum atomic E-state index is 11.9. The molecule has 0 aromatic carbocycles. The third-order valence-corrected chi connectivity index (χ3v) is 3.74. The molecule has 1 aromatic rings. The van der Waals surface area contributed by atoms with E-state index in [1.165, 1.54) is 19.3 Å². The Balaban J connectivity index is 1.93. The minimum absolute atomic E-state index is 0.211. The fraction of sp³-hybridized carbons (Fsp3) is 0.538. The van der Waals surface area contributed by atoms with Gasteiger partial charge in [0.2, 0.25) is 0 Å². The van der Waals surface area contributed by atoms with Gasteiger partial charge in [-0.3, -0.25) is 4.79 Å². The van der Waals surface area contributed by atoms with E-state index >= 15 is 0 Å². The van der Waals surface area contributed by atoms with E-state index in [0.29, 0.717) is 23.3 Å². The number of carbonyl (C=O) groups excluding carboxylic acids is 1. The molecule has 5 heteroatoms. The van der Waals surface area contributed by atoms with Crippen LogP contribution in [0.3, 0.4) is 0 Å². The summed E-state index contributed by atoms with van der Waals surface area (Å²) in [7, 11) is 0. The van der Waals surface area contributed by atoms with Gasteiger partial charge in [-0.05, 0) is 36.8 Å². The largest absolute Gasteiger partial charge is 0.384 e. The summed E-state index contributed by atoms with van der Waals surface area (Å²) in [5.41, 5.74) is 5.76. The molecule has 1 amide bonds.